The molecule has 2 heterocycles. The van der Waals surface area contributed by atoms with Gasteiger partial charge in [-0.05, 0) is 30.5 Å². The number of ether oxygens (including phenoxy) is 1. The van der Waals surface area contributed by atoms with Crippen molar-refractivity contribution in [2.45, 2.75) is 13.0 Å². The smallest absolute Gasteiger partial charge is 0.339 e. The molecule has 3 rings (SSSR count). The van der Waals surface area contributed by atoms with Crippen LogP contribution < -0.4 is 10.2 Å². The first-order valence-electron chi connectivity index (χ1n) is 6.99. The fraction of sp³-hybridized carbons (Fsp3) is 0.188. The summed E-state index contributed by atoms with van der Waals surface area (Å²) in [5.74, 6) is -1.27. The first kappa shape index (κ1) is 15.2. The molecule has 1 aromatic carbocycles. The van der Waals surface area contributed by atoms with Crippen LogP contribution in [0.3, 0.4) is 0 Å². The molecule has 0 spiro atoms. The van der Waals surface area contributed by atoms with E-state index in [1.54, 1.807) is 41.1 Å². The Morgan fingerprint density at radius 2 is 2.09 bits per heavy atom. The van der Waals surface area contributed by atoms with Crippen molar-refractivity contribution >= 4 is 40.5 Å². The van der Waals surface area contributed by atoms with Gasteiger partial charge in [-0.3, -0.25) is 14.5 Å². The predicted molar refractivity (Wildman–Crippen MR) is 86.6 cm³/mol. The van der Waals surface area contributed by atoms with E-state index in [4.69, 9.17) is 4.74 Å². The average Bonchev–Trinajstić information content (AvgIpc) is 3.07. The van der Waals surface area contributed by atoms with Gasteiger partial charge in [-0.25, -0.2) is 4.79 Å². The summed E-state index contributed by atoms with van der Waals surface area (Å²) < 4.78 is 5.20. The van der Waals surface area contributed by atoms with Crippen LogP contribution in [-0.4, -0.2) is 30.4 Å². The summed E-state index contributed by atoms with van der Waals surface area (Å²) in [5.41, 5.74) is 1.57. The van der Waals surface area contributed by atoms with E-state index < -0.39 is 18.0 Å². The minimum Gasteiger partial charge on any atom is -0.449 e. The van der Waals surface area contributed by atoms with Gasteiger partial charge in [0.1, 0.15) is 6.54 Å². The number of rotatable bonds is 3. The van der Waals surface area contributed by atoms with Crippen molar-refractivity contribution < 1.29 is 19.1 Å². The molecule has 0 aliphatic carbocycles. The summed E-state index contributed by atoms with van der Waals surface area (Å²) in [4.78, 5) is 37.6. The standard InChI is InChI=1S/C16H14N2O4S/c1-10(22-16(21)11-6-7-23-9-11)15(20)18-8-14(19)17-12-4-2-3-5-13(12)18/h2-7,9-10H,8H2,1H3,(H,17,19)/t10-/m1/s1. The van der Waals surface area contributed by atoms with Crippen LogP contribution in [0.4, 0.5) is 11.4 Å². The number of hydrogen-bond donors (Lipinski definition) is 1. The van der Waals surface area contributed by atoms with Crippen LogP contribution in [-0.2, 0) is 14.3 Å². The molecule has 0 radical (unpaired) electrons. The highest BCUT2D eigenvalue weighted by molar-refractivity contribution is 7.08. The minimum atomic E-state index is -0.985. The van der Waals surface area contributed by atoms with Gasteiger partial charge in [-0.1, -0.05) is 12.1 Å². The van der Waals surface area contributed by atoms with Crippen LogP contribution in [0.25, 0.3) is 0 Å². The third-order valence-electron chi connectivity index (χ3n) is 3.43. The lowest BCUT2D eigenvalue weighted by Crippen LogP contribution is -2.47. The monoisotopic (exact) mass is 330 g/mol. The van der Waals surface area contributed by atoms with Gasteiger partial charge < -0.3 is 10.1 Å². The highest BCUT2D eigenvalue weighted by atomic mass is 32.1. The molecular formula is C16H14N2O4S. The minimum absolute atomic E-state index is 0.101. The van der Waals surface area contributed by atoms with Crippen LogP contribution in [0, 0.1) is 0 Å². The summed E-state index contributed by atoms with van der Waals surface area (Å²) in [6.07, 6.45) is -0.985. The zero-order chi connectivity index (χ0) is 16.4. The molecule has 0 saturated carbocycles. The normalized spacial score (nSPS) is 14.7. The Kier molecular flexibility index (Phi) is 4.12. The maximum atomic E-state index is 12.6. The summed E-state index contributed by atoms with van der Waals surface area (Å²) in [6, 6.07) is 8.63. The van der Waals surface area contributed by atoms with Gasteiger partial charge in [-0.2, -0.15) is 11.3 Å². The largest absolute Gasteiger partial charge is 0.449 e. The van der Waals surface area contributed by atoms with Crippen LogP contribution in [0.1, 0.15) is 17.3 Å². The van der Waals surface area contributed by atoms with Gasteiger partial charge in [0, 0.05) is 5.38 Å². The van der Waals surface area contributed by atoms with Crippen molar-refractivity contribution in [3.05, 3.63) is 46.7 Å². The van der Waals surface area contributed by atoms with E-state index >= 15 is 0 Å². The van der Waals surface area contributed by atoms with Crippen molar-refractivity contribution in [2.75, 3.05) is 16.8 Å². The number of thiophene rings is 1. The number of fused-ring (bicyclic) bond motifs is 1. The number of benzene rings is 1. The first-order chi connectivity index (χ1) is 11.1. The lowest BCUT2D eigenvalue weighted by atomic mass is 10.1. The molecule has 0 unspecified atom stereocenters. The van der Waals surface area contributed by atoms with E-state index in [1.807, 2.05) is 0 Å². The van der Waals surface area contributed by atoms with E-state index in [0.717, 1.165) is 0 Å². The topological polar surface area (TPSA) is 75.7 Å². The highest BCUT2D eigenvalue weighted by Gasteiger charge is 2.31. The van der Waals surface area contributed by atoms with E-state index in [0.29, 0.717) is 16.9 Å². The number of amides is 2. The Morgan fingerprint density at radius 1 is 1.30 bits per heavy atom. The van der Waals surface area contributed by atoms with Crippen LogP contribution >= 0.6 is 11.3 Å². The fourth-order valence-corrected chi connectivity index (χ4v) is 2.93. The molecule has 1 N–H and O–H groups in total. The Bertz CT molecular complexity index is 757. The molecule has 2 aromatic rings. The molecule has 1 aliphatic rings. The molecule has 0 bridgehead atoms. The molecule has 2 amide bonds. The first-order valence-corrected chi connectivity index (χ1v) is 7.94. The number of nitrogens with one attached hydrogen (secondary N) is 1. The van der Waals surface area contributed by atoms with Gasteiger partial charge in [0.05, 0.1) is 16.9 Å². The Hall–Kier alpha value is -2.67. The maximum absolute atomic E-state index is 12.6. The van der Waals surface area contributed by atoms with E-state index in [-0.39, 0.29) is 12.5 Å². The maximum Gasteiger partial charge on any atom is 0.339 e. The average molecular weight is 330 g/mol. The quantitative estimate of drug-likeness (QED) is 0.876. The zero-order valence-electron chi connectivity index (χ0n) is 12.3. The number of anilines is 2. The lowest BCUT2D eigenvalue weighted by Gasteiger charge is -2.30. The van der Waals surface area contributed by atoms with Crippen LogP contribution in [0.2, 0.25) is 0 Å². The van der Waals surface area contributed by atoms with Gasteiger partial charge in [0.25, 0.3) is 5.91 Å². The van der Waals surface area contributed by atoms with Gasteiger partial charge in [-0.15, -0.1) is 0 Å². The Morgan fingerprint density at radius 3 is 2.83 bits per heavy atom. The van der Waals surface area contributed by atoms with E-state index in [2.05, 4.69) is 5.32 Å². The number of para-hydroxylation sites is 2. The number of carbonyl (C=O) groups excluding carboxylic acids is 3. The third kappa shape index (κ3) is 3.09. The molecule has 7 heteroatoms. The lowest BCUT2D eigenvalue weighted by molar-refractivity contribution is -0.128. The number of nitrogens with zero attached hydrogens (tertiary/aromatic N) is 1. The summed E-state index contributed by atoms with van der Waals surface area (Å²) in [7, 11) is 0. The van der Waals surface area contributed by atoms with Crippen molar-refractivity contribution in [3.63, 3.8) is 0 Å². The number of esters is 1. The van der Waals surface area contributed by atoms with Gasteiger partial charge in [0.15, 0.2) is 6.10 Å². The Labute approximate surface area is 136 Å². The molecule has 118 valence electrons. The van der Waals surface area contributed by atoms with Crippen LogP contribution in [0.5, 0.6) is 0 Å². The molecule has 1 aromatic heterocycles. The predicted octanol–water partition coefficient (Wildman–Crippen LogP) is 2.28. The number of hydrogen-bond acceptors (Lipinski definition) is 5. The highest BCUT2D eigenvalue weighted by Crippen LogP contribution is 2.29. The third-order valence-corrected chi connectivity index (χ3v) is 4.11. The molecule has 0 fully saturated rings. The molecule has 1 aliphatic heterocycles. The van der Waals surface area contributed by atoms with Gasteiger partial charge in [0.2, 0.25) is 5.91 Å². The van der Waals surface area contributed by atoms with E-state index in [1.165, 1.54) is 23.2 Å². The van der Waals surface area contributed by atoms with Crippen molar-refractivity contribution in [3.8, 4) is 0 Å². The second kappa shape index (κ2) is 6.21. The Balaban J connectivity index is 1.77. The molecule has 6 nitrogen and oxygen atoms in total. The van der Waals surface area contributed by atoms with Crippen molar-refractivity contribution in [1.29, 1.82) is 0 Å². The second-order valence-electron chi connectivity index (χ2n) is 5.05. The summed E-state index contributed by atoms with van der Waals surface area (Å²) in [6.45, 7) is 1.40. The second-order valence-corrected chi connectivity index (χ2v) is 5.83. The molecule has 1 atom stereocenters. The van der Waals surface area contributed by atoms with Crippen LogP contribution in [0.15, 0.2) is 41.1 Å². The SMILES string of the molecule is C[C@@H](OC(=O)c1ccsc1)C(=O)N1CC(=O)Nc2ccccc21. The molecule has 23 heavy (non-hydrogen) atoms. The molecule has 0 saturated heterocycles. The zero-order valence-corrected chi connectivity index (χ0v) is 13.1. The molecular weight excluding hydrogens is 316 g/mol. The number of carbonyl (C=O) groups is 3. The summed E-state index contributed by atoms with van der Waals surface area (Å²) in [5, 5.41) is 6.12. The summed E-state index contributed by atoms with van der Waals surface area (Å²) >= 11 is 1.37. The van der Waals surface area contributed by atoms with Crippen molar-refractivity contribution in [2.24, 2.45) is 0 Å². The van der Waals surface area contributed by atoms with Crippen molar-refractivity contribution in [1.82, 2.24) is 0 Å². The van der Waals surface area contributed by atoms with Gasteiger partial charge >= 0.3 is 5.97 Å². The fourth-order valence-electron chi connectivity index (χ4n) is 2.31. The van der Waals surface area contributed by atoms with E-state index in [9.17, 15) is 14.4 Å².